The van der Waals surface area contributed by atoms with Crippen molar-refractivity contribution < 1.29 is 5.21 Å². The highest BCUT2D eigenvalue weighted by molar-refractivity contribution is 7.80. The van der Waals surface area contributed by atoms with Crippen molar-refractivity contribution in [3.8, 4) is 0 Å². The molecule has 1 N–H and O–H groups in total. The minimum atomic E-state index is 0.524. The lowest BCUT2D eigenvalue weighted by Gasteiger charge is -2.30. The molecule has 0 amide bonds. The van der Waals surface area contributed by atoms with Gasteiger partial charge in [-0.2, -0.15) is 5.11 Å². The molecule has 6 heteroatoms. The van der Waals surface area contributed by atoms with Gasteiger partial charge in [0.2, 0.25) is 5.11 Å². The largest absolute Gasteiger partial charge is 0.346 e. The number of hydrogen-bond acceptors (Lipinski definition) is 4. The van der Waals surface area contributed by atoms with E-state index in [1.165, 1.54) is 6.42 Å². The Hall–Kier alpha value is -1.53. The number of rotatable bonds is 1. The second kappa shape index (κ2) is 6.76. The van der Waals surface area contributed by atoms with Crippen LogP contribution in [-0.4, -0.2) is 33.4 Å². The fourth-order valence-corrected chi connectivity index (χ4v) is 2.52. The van der Waals surface area contributed by atoms with Crippen LogP contribution in [0.3, 0.4) is 0 Å². The van der Waals surface area contributed by atoms with Crippen LogP contribution in [0.15, 0.2) is 46.1 Å². The van der Waals surface area contributed by atoms with Crippen LogP contribution in [0.5, 0.6) is 0 Å². The van der Waals surface area contributed by atoms with Gasteiger partial charge in [0, 0.05) is 19.3 Å². The molecule has 0 unspecified atom stereocenters. The molecule has 0 saturated carbocycles. The molecule has 0 bridgehead atoms. The molecule has 2 rings (SSSR count). The average molecular weight is 292 g/mol. The standard InChI is InChI=1S/C14H20N4OS/c1-11-6-5-8-17(10-11)14(20)16-15-12(2)13-7-3-4-9-18(13)19/h3-4,7,9,11,19H,5-6,8,10H2,1-2H3/t11-/m0/s1. The molecule has 0 spiro atoms. The fourth-order valence-electron chi connectivity index (χ4n) is 2.32. The smallest absolute Gasteiger partial charge is 0.216 e. The highest BCUT2D eigenvalue weighted by atomic mass is 32.1. The molecule has 0 aromatic carbocycles. The minimum absolute atomic E-state index is 0.524. The predicted molar refractivity (Wildman–Crippen MR) is 82.0 cm³/mol. The van der Waals surface area contributed by atoms with E-state index in [1.54, 1.807) is 25.3 Å². The van der Waals surface area contributed by atoms with Gasteiger partial charge in [0.15, 0.2) is 0 Å². The van der Waals surface area contributed by atoms with Crippen LogP contribution in [0.25, 0.3) is 0 Å². The first-order valence-corrected chi connectivity index (χ1v) is 7.23. The summed E-state index contributed by atoms with van der Waals surface area (Å²) in [7, 11) is 0. The van der Waals surface area contributed by atoms with E-state index in [4.69, 9.17) is 12.2 Å². The lowest BCUT2D eigenvalue weighted by atomic mass is 10.0. The van der Waals surface area contributed by atoms with Crippen molar-refractivity contribution >= 4 is 17.3 Å². The van der Waals surface area contributed by atoms with E-state index in [-0.39, 0.29) is 0 Å². The molecule has 2 heterocycles. The number of piperidine rings is 1. The number of allylic oxidation sites excluding steroid dienone is 4. The highest BCUT2D eigenvalue weighted by Gasteiger charge is 2.18. The summed E-state index contributed by atoms with van der Waals surface area (Å²) in [4.78, 5) is 2.10. The quantitative estimate of drug-likeness (QED) is 0.594. The Balaban J connectivity index is 2.01. The Morgan fingerprint density at radius 1 is 1.40 bits per heavy atom. The summed E-state index contributed by atoms with van der Waals surface area (Å²) >= 11 is 5.31. The number of thiocarbonyl (C=S) groups is 1. The fraction of sp³-hybridized carbons (Fsp3) is 0.500. The molecule has 1 atom stereocenters. The van der Waals surface area contributed by atoms with E-state index in [0.717, 1.165) is 24.6 Å². The molecule has 0 aliphatic carbocycles. The Kier molecular flexibility index (Phi) is 5.03. The van der Waals surface area contributed by atoms with Crippen LogP contribution >= 0.6 is 12.2 Å². The molecule has 0 radical (unpaired) electrons. The van der Waals surface area contributed by atoms with Gasteiger partial charge < -0.3 is 4.90 Å². The van der Waals surface area contributed by atoms with Crippen molar-refractivity contribution in [2.45, 2.75) is 26.7 Å². The van der Waals surface area contributed by atoms with Gasteiger partial charge in [0.1, 0.15) is 0 Å². The minimum Gasteiger partial charge on any atom is -0.346 e. The first-order valence-electron chi connectivity index (χ1n) is 6.82. The summed E-state index contributed by atoms with van der Waals surface area (Å²) in [6.45, 7) is 5.92. The maximum atomic E-state index is 9.68. The van der Waals surface area contributed by atoms with Crippen molar-refractivity contribution in [2.75, 3.05) is 13.1 Å². The summed E-state index contributed by atoms with van der Waals surface area (Å²) in [6.07, 6.45) is 9.31. The van der Waals surface area contributed by atoms with Crippen LogP contribution in [0, 0.1) is 5.92 Å². The van der Waals surface area contributed by atoms with Crippen molar-refractivity contribution in [3.05, 3.63) is 35.8 Å². The summed E-state index contributed by atoms with van der Waals surface area (Å²) in [6, 6.07) is 0. The average Bonchev–Trinajstić information content (AvgIpc) is 2.45. The van der Waals surface area contributed by atoms with E-state index < -0.39 is 0 Å². The summed E-state index contributed by atoms with van der Waals surface area (Å²) in [5.41, 5.74) is 1.23. The van der Waals surface area contributed by atoms with Crippen molar-refractivity contribution in [2.24, 2.45) is 16.1 Å². The third kappa shape index (κ3) is 3.74. The van der Waals surface area contributed by atoms with Gasteiger partial charge in [-0.3, -0.25) is 5.21 Å². The molecule has 2 aliphatic heterocycles. The van der Waals surface area contributed by atoms with Crippen LogP contribution in [0.4, 0.5) is 0 Å². The third-order valence-electron chi connectivity index (χ3n) is 3.42. The molecule has 5 nitrogen and oxygen atoms in total. The lowest BCUT2D eigenvalue weighted by molar-refractivity contribution is -0.00149. The van der Waals surface area contributed by atoms with Crippen molar-refractivity contribution in [3.63, 3.8) is 0 Å². The zero-order valence-corrected chi connectivity index (χ0v) is 12.7. The number of likely N-dealkylation sites (tertiary alicyclic amines) is 1. The number of nitrogens with zero attached hydrogens (tertiary/aromatic N) is 4. The maximum absolute atomic E-state index is 9.68. The van der Waals surface area contributed by atoms with Gasteiger partial charge in [-0.1, -0.05) is 13.0 Å². The van der Waals surface area contributed by atoms with Gasteiger partial charge in [-0.15, -0.1) is 5.11 Å². The van der Waals surface area contributed by atoms with E-state index in [9.17, 15) is 5.21 Å². The maximum Gasteiger partial charge on any atom is 0.216 e. The SMILES string of the molecule is CC(N=NC(=S)N1CCC[C@H](C)C1)=C1C=CC=CN1O. The zero-order chi connectivity index (χ0) is 14.5. The molecule has 2 aliphatic rings. The Labute approximate surface area is 124 Å². The molecule has 1 saturated heterocycles. The summed E-state index contributed by atoms with van der Waals surface area (Å²) in [5.74, 6) is 0.649. The predicted octanol–water partition coefficient (Wildman–Crippen LogP) is 3.46. The lowest BCUT2D eigenvalue weighted by Crippen LogP contribution is -2.37. The summed E-state index contributed by atoms with van der Waals surface area (Å²) in [5, 5.41) is 19.5. The Morgan fingerprint density at radius 3 is 2.90 bits per heavy atom. The van der Waals surface area contributed by atoms with Crippen molar-refractivity contribution in [1.29, 1.82) is 0 Å². The van der Waals surface area contributed by atoms with Gasteiger partial charge in [-0.25, -0.2) is 5.06 Å². The van der Waals surface area contributed by atoms with Gasteiger partial charge >= 0.3 is 0 Å². The Bertz CT molecular complexity index is 495. The zero-order valence-electron chi connectivity index (χ0n) is 11.9. The summed E-state index contributed by atoms with van der Waals surface area (Å²) < 4.78 is 0. The van der Waals surface area contributed by atoms with Crippen LogP contribution < -0.4 is 0 Å². The first kappa shape index (κ1) is 14.9. The Morgan fingerprint density at radius 2 is 2.20 bits per heavy atom. The molecule has 0 aromatic rings. The number of hydrogen-bond donors (Lipinski definition) is 1. The molecular formula is C14H20N4OS. The van der Waals surface area contributed by atoms with Gasteiger partial charge in [-0.05, 0) is 50.1 Å². The van der Waals surface area contributed by atoms with E-state index in [2.05, 4.69) is 22.1 Å². The van der Waals surface area contributed by atoms with E-state index in [1.807, 2.05) is 6.08 Å². The highest BCUT2D eigenvalue weighted by Crippen LogP contribution is 2.18. The van der Waals surface area contributed by atoms with Gasteiger partial charge in [0.25, 0.3) is 0 Å². The topological polar surface area (TPSA) is 51.4 Å². The molecule has 20 heavy (non-hydrogen) atoms. The number of azo groups is 1. The monoisotopic (exact) mass is 292 g/mol. The molecule has 0 aromatic heterocycles. The second-order valence-electron chi connectivity index (χ2n) is 5.19. The molecule has 1 fully saturated rings. The number of hydroxylamine groups is 2. The third-order valence-corrected chi connectivity index (χ3v) is 3.76. The normalized spacial score (nSPS) is 25.4. The van der Waals surface area contributed by atoms with E-state index in [0.29, 0.717) is 22.4 Å². The molecule has 108 valence electrons. The van der Waals surface area contributed by atoms with Gasteiger partial charge in [0.05, 0.1) is 11.4 Å². The van der Waals surface area contributed by atoms with E-state index >= 15 is 0 Å². The first-order chi connectivity index (χ1) is 9.58. The van der Waals surface area contributed by atoms with Crippen LogP contribution in [-0.2, 0) is 0 Å². The molecular weight excluding hydrogens is 272 g/mol. The van der Waals surface area contributed by atoms with Crippen LogP contribution in [0.2, 0.25) is 0 Å². The van der Waals surface area contributed by atoms with Crippen LogP contribution in [0.1, 0.15) is 26.7 Å². The van der Waals surface area contributed by atoms with Crippen molar-refractivity contribution in [1.82, 2.24) is 9.96 Å². The second-order valence-corrected chi connectivity index (χ2v) is 5.56.